The molecule has 6 nitrogen and oxygen atoms in total. The molecule has 1 saturated heterocycles. The first kappa shape index (κ1) is 17.0. The first-order chi connectivity index (χ1) is 11.7. The van der Waals surface area contributed by atoms with Crippen LogP contribution in [0.2, 0.25) is 0 Å². The quantitative estimate of drug-likeness (QED) is 0.805. The van der Waals surface area contributed by atoms with E-state index in [-0.39, 0.29) is 11.8 Å². The molecule has 7 heteroatoms. The third-order valence-electron chi connectivity index (χ3n) is 4.29. The number of carbonyl (C=O) groups is 1. The molecule has 0 saturated carbocycles. The Hall–Kier alpha value is -1.86. The van der Waals surface area contributed by atoms with Crippen LogP contribution in [0.25, 0.3) is 11.0 Å². The molecule has 1 aromatic carbocycles. The standard InChI is InChI=1S/C17H22N4O2S/c1-23-13-4-5-14-15(9-13)20-16(10-19-14)24-8-7-21-6-2-3-12(11-21)17(18)22/h4-5,9-10,12H,2-3,6-8,11H2,1H3,(H2,18,22). The number of nitrogens with zero attached hydrogens (tertiary/aromatic N) is 3. The maximum Gasteiger partial charge on any atom is 0.221 e. The van der Waals surface area contributed by atoms with Crippen molar-refractivity contribution in [3.63, 3.8) is 0 Å². The second-order valence-corrected chi connectivity index (χ2v) is 7.07. The lowest BCUT2D eigenvalue weighted by Gasteiger charge is -2.30. The van der Waals surface area contributed by atoms with Gasteiger partial charge in [-0.05, 0) is 31.5 Å². The second-order valence-electron chi connectivity index (χ2n) is 5.95. The minimum Gasteiger partial charge on any atom is -0.497 e. The first-order valence-electron chi connectivity index (χ1n) is 8.11. The van der Waals surface area contributed by atoms with Gasteiger partial charge in [0.05, 0.1) is 30.3 Å². The zero-order valence-electron chi connectivity index (χ0n) is 13.8. The number of fused-ring (bicyclic) bond motifs is 1. The predicted molar refractivity (Wildman–Crippen MR) is 95.2 cm³/mol. The molecular weight excluding hydrogens is 324 g/mol. The summed E-state index contributed by atoms with van der Waals surface area (Å²) in [5, 5.41) is 0.902. The molecule has 1 fully saturated rings. The summed E-state index contributed by atoms with van der Waals surface area (Å²) in [5.74, 6) is 1.51. The number of likely N-dealkylation sites (tertiary alicyclic amines) is 1. The Labute approximate surface area is 145 Å². The molecule has 1 aromatic heterocycles. The number of benzene rings is 1. The number of hydrogen-bond donors (Lipinski definition) is 1. The van der Waals surface area contributed by atoms with Gasteiger partial charge in [-0.3, -0.25) is 9.78 Å². The highest BCUT2D eigenvalue weighted by Crippen LogP contribution is 2.22. The zero-order chi connectivity index (χ0) is 16.9. The fraction of sp³-hybridized carbons (Fsp3) is 0.471. The van der Waals surface area contributed by atoms with Crippen molar-refractivity contribution in [3.05, 3.63) is 24.4 Å². The van der Waals surface area contributed by atoms with Crippen molar-refractivity contribution in [2.24, 2.45) is 11.7 Å². The number of nitrogens with two attached hydrogens (primary N) is 1. The molecule has 0 bridgehead atoms. The van der Waals surface area contributed by atoms with Gasteiger partial charge in [-0.25, -0.2) is 4.98 Å². The fourth-order valence-electron chi connectivity index (χ4n) is 2.94. The molecule has 0 radical (unpaired) electrons. The summed E-state index contributed by atoms with van der Waals surface area (Å²) in [4.78, 5) is 22.7. The SMILES string of the molecule is COc1ccc2ncc(SCCN3CCCC(C(N)=O)C3)nc2c1. The highest BCUT2D eigenvalue weighted by atomic mass is 32.2. The monoisotopic (exact) mass is 346 g/mol. The average molecular weight is 346 g/mol. The highest BCUT2D eigenvalue weighted by Gasteiger charge is 2.23. The second kappa shape index (κ2) is 7.81. The van der Waals surface area contributed by atoms with E-state index in [2.05, 4.69) is 14.9 Å². The van der Waals surface area contributed by atoms with Crippen LogP contribution in [0.5, 0.6) is 5.75 Å². The van der Waals surface area contributed by atoms with Crippen LogP contribution in [0, 0.1) is 5.92 Å². The molecule has 1 aliphatic rings. The molecule has 24 heavy (non-hydrogen) atoms. The molecule has 0 aliphatic carbocycles. The van der Waals surface area contributed by atoms with Crippen molar-refractivity contribution in [2.45, 2.75) is 17.9 Å². The van der Waals surface area contributed by atoms with Crippen LogP contribution in [-0.2, 0) is 4.79 Å². The number of primary amides is 1. The van der Waals surface area contributed by atoms with Crippen LogP contribution in [0.1, 0.15) is 12.8 Å². The van der Waals surface area contributed by atoms with Crippen molar-refractivity contribution in [1.29, 1.82) is 0 Å². The van der Waals surface area contributed by atoms with Gasteiger partial charge in [-0.2, -0.15) is 0 Å². The molecule has 128 valence electrons. The van der Waals surface area contributed by atoms with Crippen LogP contribution < -0.4 is 10.5 Å². The van der Waals surface area contributed by atoms with E-state index in [0.717, 1.165) is 60.0 Å². The zero-order valence-corrected chi connectivity index (χ0v) is 14.6. The molecule has 2 aromatic rings. The number of thioether (sulfide) groups is 1. The summed E-state index contributed by atoms with van der Waals surface area (Å²) in [7, 11) is 1.64. The van der Waals surface area contributed by atoms with Gasteiger partial charge >= 0.3 is 0 Å². The van der Waals surface area contributed by atoms with Crippen LogP contribution in [0.3, 0.4) is 0 Å². The summed E-state index contributed by atoms with van der Waals surface area (Å²) in [6.07, 6.45) is 3.76. The Balaban J connectivity index is 1.56. The topological polar surface area (TPSA) is 81.3 Å². The smallest absolute Gasteiger partial charge is 0.221 e. The molecule has 1 unspecified atom stereocenters. The van der Waals surface area contributed by atoms with Crippen molar-refractivity contribution in [3.8, 4) is 5.75 Å². The van der Waals surface area contributed by atoms with E-state index >= 15 is 0 Å². The molecule has 1 aliphatic heterocycles. The minimum absolute atomic E-state index is 0.00308. The summed E-state index contributed by atoms with van der Waals surface area (Å²) in [6, 6.07) is 5.69. The largest absolute Gasteiger partial charge is 0.497 e. The summed E-state index contributed by atoms with van der Waals surface area (Å²) < 4.78 is 5.23. The van der Waals surface area contributed by atoms with Crippen molar-refractivity contribution in [2.75, 3.05) is 32.5 Å². The van der Waals surface area contributed by atoms with E-state index in [1.54, 1.807) is 18.9 Å². The van der Waals surface area contributed by atoms with Crippen molar-refractivity contribution < 1.29 is 9.53 Å². The number of amides is 1. The van der Waals surface area contributed by atoms with E-state index in [9.17, 15) is 4.79 Å². The van der Waals surface area contributed by atoms with Gasteiger partial charge in [0.15, 0.2) is 0 Å². The number of carbonyl (C=O) groups excluding carboxylic acids is 1. The number of methoxy groups -OCH3 is 1. The maximum atomic E-state index is 11.3. The number of hydrogen-bond acceptors (Lipinski definition) is 6. The van der Waals surface area contributed by atoms with E-state index in [1.807, 2.05) is 24.4 Å². The van der Waals surface area contributed by atoms with Gasteiger partial charge in [0, 0.05) is 24.9 Å². The average Bonchev–Trinajstić information content (AvgIpc) is 2.61. The minimum atomic E-state index is -0.179. The van der Waals surface area contributed by atoms with Crippen molar-refractivity contribution in [1.82, 2.24) is 14.9 Å². The Morgan fingerprint density at radius 3 is 3.12 bits per heavy atom. The third kappa shape index (κ3) is 4.15. The molecule has 1 amide bonds. The summed E-state index contributed by atoms with van der Waals surface area (Å²) in [6.45, 7) is 2.73. The summed E-state index contributed by atoms with van der Waals surface area (Å²) in [5.41, 5.74) is 7.13. The lowest BCUT2D eigenvalue weighted by molar-refractivity contribution is -0.123. The number of aromatic nitrogens is 2. The van der Waals surface area contributed by atoms with Gasteiger partial charge in [0.2, 0.25) is 5.91 Å². The van der Waals surface area contributed by atoms with E-state index in [1.165, 1.54) is 0 Å². The van der Waals surface area contributed by atoms with Crippen LogP contribution in [0.4, 0.5) is 0 Å². The van der Waals surface area contributed by atoms with Gasteiger partial charge in [-0.15, -0.1) is 11.8 Å². The van der Waals surface area contributed by atoms with Gasteiger partial charge < -0.3 is 15.4 Å². The molecule has 2 N–H and O–H groups in total. The van der Waals surface area contributed by atoms with Crippen LogP contribution in [0.15, 0.2) is 29.4 Å². The molecular formula is C17H22N4O2S. The molecule has 0 spiro atoms. The van der Waals surface area contributed by atoms with Gasteiger partial charge in [-0.1, -0.05) is 0 Å². The lowest BCUT2D eigenvalue weighted by atomic mass is 9.98. The molecule has 2 heterocycles. The fourth-order valence-corrected chi connectivity index (χ4v) is 3.79. The molecule has 1 atom stereocenters. The van der Waals surface area contributed by atoms with E-state index in [4.69, 9.17) is 10.5 Å². The van der Waals surface area contributed by atoms with Gasteiger partial charge in [0.1, 0.15) is 10.8 Å². The number of piperidine rings is 1. The number of ether oxygens (including phenoxy) is 1. The predicted octanol–water partition coefficient (Wildman–Crippen LogP) is 1.93. The first-order valence-corrected chi connectivity index (χ1v) is 9.09. The Morgan fingerprint density at radius 1 is 1.46 bits per heavy atom. The van der Waals surface area contributed by atoms with Crippen LogP contribution in [-0.4, -0.2) is 53.3 Å². The lowest BCUT2D eigenvalue weighted by Crippen LogP contribution is -2.41. The van der Waals surface area contributed by atoms with Gasteiger partial charge in [0.25, 0.3) is 0 Å². The van der Waals surface area contributed by atoms with E-state index in [0.29, 0.717) is 0 Å². The Kier molecular flexibility index (Phi) is 5.52. The third-order valence-corrected chi connectivity index (χ3v) is 5.17. The van der Waals surface area contributed by atoms with E-state index < -0.39 is 0 Å². The normalized spacial score (nSPS) is 18.6. The maximum absolute atomic E-state index is 11.3. The number of rotatable bonds is 6. The highest BCUT2D eigenvalue weighted by molar-refractivity contribution is 7.99. The Morgan fingerprint density at radius 2 is 2.33 bits per heavy atom. The summed E-state index contributed by atoms with van der Waals surface area (Å²) >= 11 is 1.68. The van der Waals surface area contributed by atoms with Crippen molar-refractivity contribution >= 4 is 28.7 Å². The molecule has 3 rings (SSSR count). The van der Waals surface area contributed by atoms with Crippen LogP contribution >= 0.6 is 11.8 Å². The Bertz CT molecular complexity index is 725.